The Morgan fingerprint density at radius 3 is 2.42 bits per heavy atom. The van der Waals surface area contributed by atoms with E-state index >= 15 is 0 Å². The fourth-order valence-electron chi connectivity index (χ4n) is 1.96. The molecule has 0 aliphatic carbocycles. The molecule has 0 saturated carbocycles. The van der Waals surface area contributed by atoms with Crippen molar-refractivity contribution in [3.8, 4) is 0 Å². The first-order chi connectivity index (χ1) is 8.97. The van der Waals surface area contributed by atoms with E-state index in [-0.39, 0.29) is 0 Å². The zero-order valence-corrected chi connectivity index (χ0v) is 14.8. The Morgan fingerprint density at radius 2 is 1.79 bits per heavy atom. The van der Waals surface area contributed by atoms with Crippen LogP contribution >= 0.6 is 43.5 Å². The lowest BCUT2D eigenvalue weighted by atomic mass is 10.0. The average molecular weight is 403 g/mol. The van der Waals surface area contributed by atoms with Gasteiger partial charge in [0.1, 0.15) is 0 Å². The van der Waals surface area contributed by atoms with Crippen molar-refractivity contribution in [3.63, 3.8) is 0 Å². The van der Waals surface area contributed by atoms with Crippen LogP contribution in [0.2, 0.25) is 5.02 Å². The van der Waals surface area contributed by atoms with E-state index in [1.165, 1.54) is 22.3 Å². The Labute approximate surface area is 136 Å². The van der Waals surface area contributed by atoms with E-state index in [0.717, 1.165) is 15.9 Å². The molecule has 3 heteroatoms. The summed E-state index contributed by atoms with van der Waals surface area (Å²) in [5.41, 5.74) is 5.25. The molecule has 100 valence electrons. The fraction of sp³-hybridized carbons (Fsp3) is 0.250. The van der Waals surface area contributed by atoms with Crippen LogP contribution in [-0.4, -0.2) is 0 Å². The molecule has 0 saturated heterocycles. The van der Waals surface area contributed by atoms with Gasteiger partial charge >= 0.3 is 0 Å². The largest absolute Gasteiger partial charge is 0.0835 e. The van der Waals surface area contributed by atoms with Gasteiger partial charge in [-0.05, 0) is 70.6 Å². The molecule has 1 unspecified atom stereocenters. The van der Waals surface area contributed by atoms with Gasteiger partial charge in [-0.1, -0.05) is 51.8 Å². The zero-order chi connectivity index (χ0) is 14.0. The Morgan fingerprint density at radius 1 is 1.05 bits per heavy atom. The topological polar surface area (TPSA) is 0 Å². The number of alkyl halides is 1. The van der Waals surface area contributed by atoms with Crippen LogP contribution < -0.4 is 0 Å². The maximum absolute atomic E-state index is 6.02. The second-order valence-electron chi connectivity index (χ2n) is 4.76. The number of hydrogen-bond acceptors (Lipinski definition) is 0. The third kappa shape index (κ3) is 3.84. The predicted molar refractivity (Wildman–Crippen MR) is 90.4 cm³/mol. The Kier molecular flexibility index (Phi) is 5.10. The van der Waals surface area contributed by atoms with Crippen LogP contribution in [0.25, 0.3) is 0 Å². The molecule has 0 spiro atoms. The summed E-state index contributed by atoms with van der Waals surface area (Å²) in [6.45, 7) is 4.29. The highest BCUT2D eigenvalue weighted by molar-refractivity contribution is 9.10. The summed E-state index contributed by atoms with van der Waals surface area (Å²) in [7, 11) is 0. The molecule has 0 N–H and O–H groups in total. The monoisotopic (exact) mass is 400 g/mol. The minimum Gasteiger partial charge on any atom is -0.0835 e. The number of hydrogen-bond donors (Lipinski definition) is 0. The Hall–Kier alpha value is -0.310. The van der Waals surface area contributed by atoms with Crippen LogP contribution in [0, 0.1) is 13.8 Å². The quantitative estimate of drug-likeness (QED) is 0.521. The molecule has 0 aliphatic rings. The van der Waals surface area contributed by atoms with Crippen molar-refractivity contribution in [3.05, 3.63) is 68.1 Å². The molecule has 1 atom stereocenters. The second kappa shape index (κ2) is 6.43. The first kappa shape index (κ1) is 15.1. The van der Waals surface area contributed by atoms with Crippen molar-refractivity contribution in [2.24, 2.45) is 0 Å². The highest BCUT2D eigenvalue weighted by atomic mass is 79.9. The second-order valence-corrected chi connectivity index (χ2v) is 7.13. The predicted octanol–water partition coefficient (Wildman–Crippen LogP) is 6.40. The van der Waals surface area contributed by atoms with Gasteiger partial charge in [0.15, 0.2) is 0 Å². The molecule has 0 nitrogen and oxygen atoms in total. The summed E-state index contributed by atoms with van der Waals surface area (Å²) in [6.07, 6.45) is 0.967. The van der Waals surface area contributed by atoms with Crippen molar-refractivity contribution >= 4 is 43.5 Å². The first-order valence-electron chi connectivity index (χ1n) is 6.12. The van der Waals surface area contributed by atoms with Crippen molar-refractivity contribution < 1.29 is 0 Å². The van der Waals surface area contributed by atoms with Crippen LogP contribution in [-0.2, 0) is 6.42 Å². The standard InChI is InChI=1S/C16H15Br2Cl/c1-10-3-4-12(7-11(10)2)8-14(17)13-5-6-16(19)15(18)9-13/h3-7,9,14H,8H2,1-2H3. The molecule has 0 bridgehead atoms. The maximum Gasteiger partial charge on any atom is 0.0548 e. The van der Waals surface area contributed by atoms with E-state index in [1.54, 1.807) is 0 Å². The summed E-state index contributed by atoms with van der Waals surface area (Å²) in [5, 5.41) is 0.745. The highest BCUT2D eigenvalue weighted by Gasteiger charge is 2.10. The fourth-order valence-corrected chi connectivity index (χ4v) is 3.14. The molecule has 0 fully saturated rings. The maximum atomic E-state index is 6.02. The molecule has 2 rings (SSSR count). The van der Waals surface area contributed by atoms with Gasteiger partial charge in [-0.15, -0.1) is 0 Å². The van der Waals surface area contributed by atoms with Gasteiger partial charge in [-0.25, -0.2) is 0 Å². The molecule has 0 aliphatic heterocycles. The lowest BCUT2D eigenvalue weighted by Crippen LogP contribution is -1.96. The van der Waals surface area contributed by atoms with Crippen LogP contribution in [0.4, 0.5) is 0 Å². The van der Waals surface area contributed by atoms with Crippen molar-refractivity contribution in [1.29, 1.82) is 0 Å². The normalized spacial score (nSPS) is 12.5. The van der Waals surface area contributed by atoms with Gasteiger partial charge < -0.3 is 0 Å². The molecule has 19 heavy (non-hydrogen) atoms. The van der Waals surface area contributed by atoms with Crippen LogP contribution in [0.1, 0.15) is 27.1 Å². The Bertz CT molecular complexity index is 593. The number of benzene rings is 2. The summed E-state index contributed by atoms with van der Waals surface area (Å²) in [5.74, 6) is 0. The van der Waals surface area contributed by atoms with Crippen molar-refractivity contribution in [2.75, 3.05) is 0 Å². The van der Waals surface area contributed by atoms with E-state index < -0.39 is 0 Å². The summed E-state index contributed by atoms with van der Waals surface area (Å²) in [4.78, 5) is 0.295. The van der Waals surface area contributed by atoms with E-state index in [2.05, 4.69) is 76.0 Å². The minimum absolute atomic E-state index is 0.295. The molecule has 2 aromatic carbocycles. The van der Waals surface area contributed by atoms with Gasteiger partial charge in [0.25, 0.3) is 0 Å². The third-order valence-corrected chi connectivity index (χ3v) is 5.36. The van der Waals surface area contributed by atoms with E-state index in [1.807, 2.05) is 6.07 Å². The molecular formula is C16H15Br2Cl. The van der Waals surface area contributed by atoms with E-state index in [9.17, 15) is 0 Å². The van der Waals surface area contributed by atoms with Crippen molar-refractivity contribution in [1.82, 2.24) is 0 Å². The molecule has 0 amide bonds. The van der Waals surface area contributed by atoms with Gasteiger partial charge in [-0.2, -0.15) is 0 Å². The van der Waals surface area contributed by atoms with Gasteiger partial charge in [-0.3, -0.25) is 0 Å². The van der Waals surface area contributed by atoms with Crippen LogP contribution in [0.3, 0.4) is 0 Å². The van der Waals surface area contributed by atoms with Crippen LogP contribution in [0.5, 0.6) is 0 Å². The lowest BCUT2D eigenvalue weighted by Gasteiger charge is -2.12. The third-order valence-electron chi connectivity index (χ3n) is 3.29. The van der Waals surface area contributed by atoms with Gasteiger partial charge in [0.2, 0.25) is 0 Å². The molecule has 2 aromatic rings. The molecule has 0 heterocycles. The van der Waals surface area contributed by atoms with Crippen LogP contribution in [0.15, 0.2) is 40.9 Å². The summed E-state index contributed by atoms with van der Waals surface area (Å²) < 4.78 is 0.941. The van der Waals surface area contributed by atoms with E-state index in [4.69, 9.17) is 11.6 Å². The smallest absolute Gasteiger partial charge is 0.0548 e. The zero-order valence-electron chi connectivity index (χ0n) is 10.9. The summed E-state index contributed by atoms with van der Waals surface area (Å²) >= 11 is 13.3. The molecular weight excluding hydrogens is 387 g/mol. The van der Waals surface area contributed by atoms with Crippen molar-refractivity contribution in [2.45, 2.75) is 25.1 Å². The number of rotatable bonds is 3. The number of halogens is 3. The summed E-state index contributed by atoms with van der Waals surface area (Å²) in [6, 6.07) is 12.7. The lowest BCUT2D eigenvalue weighted by molar-refractivity contribution is 0.944. The minimum atomic E-state index is 0.295. The Balaban J connectivity index is 2.17. The SMILES string of the molecule is Cc1ccc(CC(Br)c2ccc(Cl)c(Br)c2)cc1C. The van der Waals surface area contributed by atoms with E-state index in [0.29, 0.717) is 4.83 Å². The van der Waals surface area contributed by atoms with Gasteiger partial charge in [0.05, 0.1) is 5.02 Å². The van der Waals surface area contributed by atoms with Gasteiger partial charge in [0, 0.05) is 9.30 Å². The first-order valence-corrected chi connectivity index (χ1v) is 8.21. The highest BCUT2D eigenvalue weighted by Crippen LogP contribution is 2.32. The average Bonchev–Trinajstić information content (AvgIpc) is 2.37. The molecule has 0 radical (unpaired) electrons. The molecule has 0 aromatic heterocycles. The number of aryl methyl sites for hydroxylation is 2.